The fourth-order valence-electron chi connectivity index (χ4n) is 2.26. The summed E-state index contributed by atoms with van der Waals surface area (Å²) in [5.74, 6) is -0.310. The first-order chi connectivity index (χ1) is 10.1. The maximum Gasteiger partial charge on any atom is 0.303 e. The van der Waals surface area contributed by atoms with Crippen molar-refractivity contribution >= 4 is 5.97 Å². The van der Waals surface area contributed by atoms with Crippen LogP contribution in [-0.2, 0) is 17.6 Å². The normalized spacial score (nSPS) is 10.6. The highest BCUT2D eigenvalue weighted by atomic mass is 16.5. The Morgan fingerprint density at radius 1 is 1.38 bits per heavy atom. The number of hydrogen-bond acceptors (Lipinski definition) is 4. The fraction of sp³-hybridized carbons (Fsp3) is 0.333. The maximum absolute atomic E-state index is 10.8. The largest absolute Gasteiger partial charge is 0.506 e. The van der Waals surface area contributed by atoms with Crippen LogP contribution >= 0.6 is 0 Å². The van der Waals surface area contributed by atoms with Crippen molar-refractivity contribution in [3.8, 4) is 17.3 Å². The van der Waals surface area contributed by atoms with Crippen molar-refractivity contribution in [3.05, 3.63) is 35.5 Å². The standard InChI is InChI=1S/C15H18N2O4/c1-3-11-10(8-9-14(19)20)15(21-2)17(16-11)12-6-4-5-7-13(12)18/h4-7,18H,3,8-9H2,1-2H3,(H,19,20). The third-order valence-corrected chi connectivity index (χ3v) is 3.25. The van der Waals surface area contributed by atoms with Crippen molar-refractivity contribution < 1.29 is 19.7 Å². The summed E-state index contributed by atoms with van der Waals surface area (Å²) in [5, 5.41) is 23.3. The molecule has 6 heteroatoms. The summed E-state index contributed by atoms with van der Waals surface area (Å²) in [4.78, 5) is 10.8. The number of phenols is 1. The molecule has 2 N–H and O–H groups in total. The number of hydrogen-bond donors (Lipinski definition) is 2. The van der Waals surface area contributed by atoms with Crippen molar-refractivity contribution in [1.29, 1.82) is 0 Å². The second kappa shape index (κ2) is 6.30. The Labute approximate surface area is 122 Å². The summed E-state index contributed by atoms with van der Waals surface area (Å²) in [6.45, 7) is 1.95. The van der Waals surface area contributed by atoms with Crippen LogP contribution in [0.5, 0.6) is 11.6 Å². The molecule has 1 heterocycles. The number of nitrogens with zero attached hydrogens (tertiary/aromatic N) is 2. The van der Waals surface area contributed by atoms with Gasteiger partial charge in [0.1, 0.15) is 11.4 Å². The smallest absolute Gasteiger partial charge is 0.303 e. The minimum absolute atomic E-state index is 0.00975. The van der Waals surface area contributed by atoms with E-state index in [1.165, 1.54) is 11.8 Å². The van der Waals surface area contributed by atoms with Crippen LogP contribution in [-0.4, -0.2) is 33.1 Å². The summed E-state index contributed by atoms with van der Waals surface area (Å²) < 4.78 is 6.92. The van der Waals surface area contributed by atoms with E-state index in [1.807, 2.05) is 6.92 Å². The number of aliphatic carboxylic acids is 1. The molecule has 0 spiro atoms. The van der Waals surface area contributed by atoms with Crippen molar-refractivity contribution in [2.45, 2.75) is 26.2 Å². The van der Waals surface area contributed by atoms with E-state index in [0.29, 0.717) is 24.4 Å². The van der Waals surface area contributed by atoms with Crippen molar-refractivity contribution in [2.24, 2.45) is 0 Å². The number of aromatic nitrogens is 2. The van der Waals surface area contributed by atoms with Crippen LogP contribution in [0, 0.1) is 0 Å². The quantitative estimate of drug-likeness (QED) is 0.851. The Morgan fingerprint density at radius 3 is 2.67 bits per heavy atom. The summed E-state index contributed by atoms with van der Waals surface area (Å²) in [5.41, 5.74) is 2.05. The lowest BCUT2D eigenvalue weighted by Gasteiger charge is -2.09. The van der Waals surface area contributed by atoms with E-state index in [-0.39, 0.29) is 12.2 Å². The third-order valence-electron chi connectivity index (χ3n) is 3.25. The predicted molar refractivity (Wildman–Crippen MR) is 77.1 cm³/mol. The zero-order chi connectivity index (χ0) is 15.4. The zero-order valence-corrected chi connectivity index (χ0v) is 12.0. The van der Waals surface area contributed by atoms with Gasteiger partial charge in [-0.2, -0.15) is 9.78 Å². The van der Waals surface area contributed by atoms with E-state index in [9.17, 15) is 9.90 Å². The number of carboxylic acids is 1. The van der Waals surface area contributed by atoms with Crippen molar-refractivity contribution in [1.82, 2.24) is 9.78 Å². The summed E-state index contributed by atoms with van der Waals surface area (Å²) >= 11 is 0. The van der Waals surface area contributed by atoms with Crippen LogP contribution in [0.25, 0.3) is 5.69 Å². The number of phenolic OH excluding ortho intramolecular Hbond substituents is 1. The fourth-order valence-corrected chi connectivity index (χ4v) is 2.26. The molecule has 1 aromatic heterocycles. The summed E-state index contributed by atoms with van der Waals surface area (Å²) in [7, 11) is 1.51. The van der Waals surface area contributed by atoms with Gasteiger partial charge in [-0.05, 0) is 25.0 Å². The number of benzene rings is 1. The van der Waals surface area contributed by atoms with Crippen LogP contribution in [0.3, 0.4) is 0 Å². The molecule has 0 aliphatic rings. The highest BCUT2D eigenvalue weighted by Crippen LogP contribution is 2.31. The predicted octanol–water partition coefficient (Wildman–Crippen LogP) is 2.17. The molecule has 0 aliphatic carbocycles. The average molecular weight is 290 g/mol. The Bertz CT molecular complexity index is 649. The van der Waals surface area contributed by atoms with Gasteiger partial charge in [0, 0.05) is 12.0 Å². The van der Waals surface area contributed by atoms with Crippen LogP contribution in [0.15, 0.2) is 24.3 Å². The average Bonchev–Trinajstić information content (AvgIpc) is 2.83. The van der Waals surface area contributed by atoms with Gasteiger partial charge >= 0.3 is 5.97 Å². The number of methoxy groups -OCH3 is 1. The van der Waals surface area contributed by atoms with Crippen LogP contribution in [0.1, 0.15) is 24.6 Å². The van der Waals surface area contributed by atoms with E-state index in [4.69, 9.17) is 9.84 Å². The third kappa shape index (κ3) is 2.99. The highest BCUT2D eigenvalue weighted by Gasteiger charge is 2.20. The van der Waals surface area contributed by atoms with E-state index in [1.54, 1.807) is 24.3 Å². The molecule has 0 fully saturated rings. The monoisotopic (exact) mass is 290 g/mol. The molecule has 0 aliphatic heterocycles. The minimum Gasteiger partial charge on any atom is -0.506 e. The SMILES string of the molecule is CCc1nn(-c2ccccc2O)c(OC)c1CCC(=O)O. The highest BCUT2D eigenvalue weighted by molar-refractivity contribution is 5.67. The van der Waals surface area contributed by atoms with Crippen LogP contribution < -0.4 is 4.74 Å². The van der Waals surface area contributed by atoms with Gasteiger partial charge in [0.15, 0.2) is 0 Å². The Hall–Kier alpha value is -2.50. The molecule has 0 unspecified atom stereocenters. The lowest BCUT2D eigenvalue weighted by atomic mass is 10.1. The number of aromatic hydroxyl groups is 1. The van der Waals surface area contributed by atoms with Gasteiger partial charge in [0.05, 0.1) is 12.8 Å². The summed E-state index contributed by atoms with van der Waals surface area (Å²) in [6.07, 6.45) is 1.01. The summed E-state index contributed by atoms with van der Waals surface area (Å²) in [6, 6.07) is 6.81. The molecular weight excluding hydrogens is 272 g/mol. The molecule has 6 nitrogen and oxygen atoms in total. The van der Waals surface area contributed by atoms with E-state index >= 15 is 0 Å². The number of aryl methyl sites for hydroxylation is 1. The number of rotatable bonds is 6. The van der Waals surface area contributed by atoms with Gasteiger partial charge < -0.3 is 14.9 Å². The lowest BCUT2D eigenvalue weighted by molar-refractivity contribution is -0.136. The second-order valence-corrected chi connectivity index (χ2v) is 4.58. The van der Waals surface area contributed by atoms with Gasteiger partial charge in [0.25, 0.3) is 0 Å². The topological polar surface area (TPSA) is 84.6 Å². The number of ether oxygens (including phenoxy) is 1. The van der Waals surface area contributed by atoms with Gasteiger partial charge in [-0.15, -0.1) is 0 Å². The number of para-hydroxylation sites is 2. The Morgan fingerprint density at radius 2 is 2.10 bits per heavy atom. The Kier molecular flexibility index (Phi) is 4.47. The van der Waals surface area contributed by atoms with E-state index < -0.39 is 5.97 Å². The van der Waals surface area contributed by atoms with Gasteiger partial charge in [0.2, 0.25) is 5.88 Å². The molecule has 21 heavy (non-hydrogen) atoms. The maximum atomic E-state index is 10.8. The first-order valence-electron chi connectivity index (χ1n) is 6.73. The molecule has 0 saturated heterocycles. The van der Waals surface area contributed by atoms with Crippen LogP contribution in [0.2, 0.25) is 0 Å². The Balaban J connectivity index is 2.52. The van der Waals surface area contributed by atoms with E-state index in [2.05, 4.69) is 5.10 Å². The van der Waals surface area contributed by atoms with Gasteiger partial charge in [-0.3, -0.25) is 4.79 Å². The molecule has 112 valence electrons. The first kappa shape index (κ1) is 14.9. The van der Waals surface area contributed by atoms with Gasteiger partial charge in [-0.1, -0.05) is 19.1 Å². The minimum atomic E-state index is -0.866. The molecule has 0 bridgehead atoms. The molecular formula is C15H18N2O4. The first-order valence-corrected chi connectivity index (χ1v) is 6.73. The molecule has 2 rings (SSSR count). The molecule has 2 aromatic rings. The molecule has 1 aromatic carbocycles. The number of carboxylic acid groups (broad SMARTS) is 1. The molecule has 0 radical (unpaired) electrons. The number of carbonyl (C=O) groups is 1. The molecule has 0 amide bonds. The second-order valence-electron chi connectivity index (χ2n) is 4.58. The molecule has 0 atom stereocenters. The lowest BCUT2D eigenvalue weighted by Crippen LogP contribution is -2.02. The van der Waals surface area contributed by atoms with Crippen molar-refractivity contribution in [2.75, 3.05) is 7.11 Å². The van der Waals surface area contributed by atoms with E-state index in [0.717, 1.165) is 11.3 Å². The zero-order valence-electron chi connectivity index (χ0n) is 12.0. The van der Waals surface area contributed by atoms with Crippen molar-refractivity contribution in [3.63, 3.8) is 0 Å². The van der Waals surface area contributed by atoms with Gasteiger partial charge in [-0.25, -0.2) is 0 Å². The molecule has 0 saturated carbocycles. The van der Waals surface area contributed by atoms with Crippen LogP contribution in [0.4, 0.5) is 0 Å².